The van der Waals surface area contributed by atoms with Gasteiger partial charge in [-0.2, -0.15) is 0 Å². The van der Waals surface area contributed by atoms with Gasteiger partial charge in [0.1, 0.15) is 13.2 Å². The van der Waals surface area contributed by atoms with Gasteiger partial charge in [-0.05, 0) is 49.2 Å². The summed E-state index contributed by atoms with van der Waals surface area (Å²) in [6.45, 7) is 2.21. The molecule has 6 nitrogen and oxygen atoms in total. The number of hydrogen-bond donors (Lipinski definition) is 0. The van der Waals surface area contributed by atoms with Gasteiger partial charge in [0.2, 0.25) is 0 Å². The maximum absolute atomic E-state index is 12.9. The molecule has 2 aliphatic rings. The molecule has 2 heterocycles. The Labute approximate surface area is 171 Å². The van der Waals surface area contributed by atoms with Gasteiger partial charge in [0.25, 0.3) is 5.91 Å². The second kappa shape index (κ2) is 8.15. The van der Waals surface area contributed by atoms with E-state index in [1.807, 2.05) is 48.2 Å². The van der Waals surface area contributed by atoms with Crippen LogP contribution in [0.25, 0.3) is 0 Å². The molecule has 0 N–H and O–H groups in total. The number of amides is 1. The maximum Gasteiger partial charge on any atom is 0.253 e. The van der Waals surface area contributed by atoms with Gasteiger partial charge in [0.05, 0.1) is 0 Å². The number of Topliss-reactive ketones (excluding diaryl/α,β-unsaturated/α-hetero) is 1. The van der Waals surface area contributed by atoms with E-state index in [9.17, 15) is 9.59 Å². The molecule has 2 aliphatic heterocycles. The third-order valence-electron chi connectivity index (χ3n) is 5.59. The lowest BCUT2D eigenvalue weighted by molar-refractivity contribution is 0.0650. The third-order valence-corrected chi connectivity index (χ3v) is 5.59. The first-order valence-electron chi connectivity index (χ1n) is 10.0. The second-order valence-electron chi connectivity index (χ2n) is 7.73. The van der Waals surface area contributed by atoms with Crippen LogP contribution in [0.1, 0.15) is 33.6 Å². The van der Waals surface area contributed by atoms with E-state index in [-0.39, 0.29) is 17.6 Å². The SMILES string of the molecule is CN(C)c1cccc(C(=O)N2CCC(C(=O)c3ccc4c(c3)OCCO4)CC2)c1. The van der Waals surface area contributed by atoms with Crippen LogP contribution in [0.15, 0.2) is 42.5 Å². The maximum atomic E-state index is 12.9. The molecule has 0 radical (unpaired) electrons. The highest BCUT2D eigenvalue weighted by Gasteiger charge is 2.29. The summed E-state index contributed by atoms with van der Waals surface area (Å²) in [7, 11) is 3.91. The van der Waals surface area contributed by atoms with E-state index in [2.05, 4.69) is 0 Å². The molecule has 4 rings (SSSR count). The van der Waals surface area contributed by atoms with Gasteiger partial charge in [0, 0.05) is 49.9 Å². The summed E-state index contributed by atoms with van der Waals surface area (Å²) in [4.78, 5) is 29.7. The monoisotopic (exact) mass is 394 g/mol. The molecule has 0 aromatic heterocycles. The summed E-state index contributed by atoms with van der Waals surface area (Å²) in [5.41, 5.74) is 2.34. The fourth-order valence-corrected chi connectivity index (χ4v) is 3.88. The highest BCUT2D eigenvalue weighted by molar-refractivity contribution is 5.99. The van der Waals surface area contributed by atoms with E-state index >= 15 is 0 Å². The smallest absolute Gasteiger partial charge is 0.253 e. The van der Waals surface area contributed by atoms with Crippen LogP contribution < -0.4 is 14.4 Å². The predicted octanol–water partition coefficient (Wildman–Crippen LogP) is 3.26. The minimum Gasteiger partial charge on any atom is -0.486 e. The average Bonchev–Trinajstić information content (AvgIpc) is 2.78. The number of carbonyl (C=O) groups is 2. The van der Waals surface area contributed by atoms with Crippen molar-refractivity contribution in [2.75, 3.05) is 45.3 Å². The predicted molar refractivity (Wildman–Crippen MR) is 111 cm³/mol. The molecule has 0 atom stereocenters. The van der Waals surface area contributed by atoms with Crippen LogP contribution in [0.3, 0.4) is 0 Å². The molecule has 0 bridgehead atoms. The number of ketones is 1. The van der Waals surface area contributed by atoms with Gasteiger partial charge in [-0.15, -0.1) is 0 Å². The molecule has 29 heavy (non-hydrogen) atoms. The topological polar surface area (TPSA) is 59.1 Å². The number of likely N-dealkylation sites (tertiary alicyclic amines) is 1. The van der Waals surface area contributed by atoms with Gasteiger partial charge in [-0.1, -0.05) is 6.07 Å². The summed E-state index contributed by atoms with van der Waals surface area (Å²) >= 11 is 0. The van der Waals surface area contributed by atoms with Crippen molar-refractivity contribution in [1.29, 1.82) is 0 Å². The first-order chi connectivity index (χ1) is 14.0. The number of anilines is 1. The molecule has 1 amide bonds. The van der Waals surface area contributed by atoms with Crippen LogP contribution in [0.5, 0.6) is 11.5 Å². The first kappa shape index (κ1) is 19.3. The zero-order valence-electron chi connectivity index (χ0n) is 16.9. The second-order valence-corrected chi connectivity index (χ2v) is 7.73. The molecule has 0 unspecified atom stereocenters. The number of nitrogens with zero attached hydrogens (tertiary/aromatic N) is 2. The minimum atomic E-state index is -0.0743. The van der Waals surface area contributed by atoms with E-state index in [1.165, 1.54) is 0 Å². The van der Waals surface area contributed by atoms with Crippen molar-refractivity contribution in [2.45, 2.75) is 12.8 Å². The fraction of sp³-hybridized carbons (Fsp3) is 0.391. The van der Waals surface area contributed by atoms with E-state index in [4.69, 9.17) is 9.47 Å². The van der Waals surface area contributed by atoms with Crippen molar-refractivity contribution in [3.8, 4) is 11.5 Å². The number of hydrogen-bond acceptors (Lipinski definition) is 5. The first-order valence-corrected chi connectivity index (χ1v) is 10.0. The Morgan fingerprint density at radius 3 is 2.38 bits per heavy atom. The number of piperidine rings is 1. The van der Waals surface area contributed by atoms with Crippen molar-refractivity contribution in [2.24, 2.45) is 5.92 Å². The summed E-state index contributed by atoms with van der Waals surface area (Å²) in [6, 6.07) is 13.0. The normalized spacial score (nSPS) is 16.4. The number of fused-ring (bicyclic) bond motifs is 1. The van der Waals surface area contributed by atoms with Crippen LogP contribution in [0.2, 0.25) is 0 Å². The number of benzene rings is 2. The lowest BCUT2D eigenvalue weighted by Crippen LogP contribution is -2.40. The zero-order valence-corrected chi connectivity index (χ0v) is 16.9. The Hall–Kier alpha value is -3.02. The van der Waals surface area contributed by atoms with Crippen molar-refractivity contribution >= 4 is 17.4 Å². The molecular weight excluding hydrogens is 368 g/mol. The van der Waals surface area contributed by atoms with Crippen molar-refractivity contribution < 1.29 is 19.1 Å². The molecule has 1 saturated heterocycles. The highest BCUT2D eigenvalue weighted by Crippen LogP contribution is 2.32. The van der Waals surface area contributed by atoms with E-state index in [1.54, 1.807) is 18.2 Å². The molecule has 0 aliphatic carbocycles. The van der Waals surface area contributed by atoms with Gasteiger partial charge < -0.3 is 19.3 Å². The lowest BCUT2D eigenvalue weighted by atomic mass is 9.88. The summed E-state index contributed by atoms with van der Waals surface area (Å²) in [5.74, 6) is 1.39. The number of rotatable bonds is 4. The van der Waals surface area contributed by atoms with E-state index < -0.39 is 0 Å². The van der Waals surface area contributed by atoms with Crippen molar-refractivity contribution in [1.82, 2.24) is 4.90 Å². The van der Waals surface area contributed by atoms with Crippen LogP contribution >= 0.6 is 0 Å². The summed E-state index contributed by atoms with van der Waals surface area (Å²) < 4.78 is 11.1. The fourth-order valence-electron chi connectivity index (χ4n) is 3.88. The van der Waals surface area contributed by atoms with Gasteiger partial charge in [-0.3, -0.25) is 9.59 Å². The lowest BCUT2D eigenvalue weighted by Gasteiger charge is -2.31. The Kier molecular flexibility index (Phi) is 5.43. The molecule has 152 valence electrons. The van der Waals surface area contributed by atoms with Crippen molar-refractivity contribution in [3.63, 3.8) is 0 Å². The van der Waals surface area contributed by atoms with Gasteiger partial charge in [-0.25, -0.2) is 0 Å². The Balaban J connectivity index is 1.39. The molecule has 2 aromatic carbocycles. The molecule has 1 fully saturated rings. The largest absolute Gasteiger partial charge is 0.486 e. The molecule has 6 heteroatoms. The number of carbonyl (C=O) groups excluding carboxylic acids is 2. The summed E-state index contributed by atoms with van der Waals surface area (Å²) in [5, 5.41) is 0. The van der Waals surface area contributed by atoms with E-state index in [0.717, 1.165) is 5.69 Å². The van der Waals surface area contributed by atoms with Crippen molar-refractivity contribution in [3.05, 3.63) is 53.6 Å². The highest BCUT2D eigenvalue weighted by atomic mass is 16.6. The van der Waals surface area contributed by atoms with E-state index in [0.29, 0.717) is 61.8 Å². The van der Waals surface area contributed by atoms with Crippen LogP contribution in [-0.2, 0) is 0 Å². The average molecular weight is 394 g/mol. The quantitative estimate of drug-likeness (QED) is 0.745. The van der Waals surface area contributed by atoms with Crippen LogP contribution in [0, 0.1) is 5.92 Å². The third kappa shape index (κ3) is 4.06. The van der Waals surface area contributed by atoms with Crippen LogP contribution in [-0.4, -0.2) is 57.0 Å². The minimum absolute atomic E-state index is 0.0268. The zero-order chi connectivity index (χ0) is 20.4. The number of ether oxygens (including phenoxy) is 2. The van der Waals surface area contributed by atoms with Gasteiger partial charge >= 0.3 is 0 Å². The van der Waals surface area contributed by atoms with Gasteiger partial charge in [0.15, 0.2) is 17.3 Å². The molecule has 2 aromatic rings. The van der Waals surface area contributed by atoms with Crippen LogP contribution in [0.4, 0.5) is 5.69 Å². The molecule has 0 spiro atoms. The molecular formula is C23H26N2O4. The molecule has 0 saturated carbocycles. The summed E-state index contributed by atoms with van der Waals surface area (Å²) in [6.07, 6.45) is 1.35. The Bertz CT molecular complexity index is 917. The Morgan fingerprint density at radius 2 is 1.66 bits per heavy atom. The standard InChI is InChI=1S/C23H26N2O4/c1-24(2)19-5-3-4-18(14-19)23(27)25-10-8-16(9-11-25)22(26)17-6-7-20-21(15-17)29-13-12-28-20/h3-7,14-16H,8-13H2,1-2H3. The Morgan fingerprint density at radius 1 is 0.931 bits per heavy atom.